The van der Waals surface area contributed by atoms with Crippen LogP contribution in [0.3, 0.4) is 0 Å². The number of aliphatic hydroxyl groups excluding tert-OH is 1. The summed E-state index contributed by atoms with van der Waals surface area (Å²) in [7, 11) is 2.02. The third kappa shape index (κ3) is 6.95. The Kier molecular flexibility index (Phi) is 8.20. The van der Waals surface area contributed by atoms with Crippen LogP contribution >= 0.6 is 11.3 Å². The van der Waals surface area contributed by atoms with E-state index in [1.807, 2.05) is 61.6 Å². The number of nitrogens with zero attached hydrogens (tertiary/aromatic N) is 2. The minimum atomic E-state index is -0.0734. The Labute approximate surface area is 208 Å². The zero-order chi connectivity index (χ0) is 24.6. The molecule has 180 valence electrons. The van der Waals surface area contributed by atoms with Crippen LogP contribution in [-0.4, -0.2) is 53.4 Å². The van der Waals surface area contributed by atoms with Crippen molar-refractivity contribution in [1.29, 1.82) is 0 Å². The normalized spacial score (nSPS) is 15.3. The second kappa shape index (κ2) is 11.7. The third-order valence-corrected chi connectivity index (χ3v) is 6.52. The number of nitrogens with one attached hydrogen (secondary N) is 1. The van der Waals surface area contributed by atoms with Gasteiger partial charge in [-0.3, -0.25) is 14.6 Å². The van der Waals surface area contributed by atoms with Gasteiger partial charge in [0.25, 0.3) is 0 Å². The van der Waals surface area contributed by atoms with Gasteiger partial charge in [-0.05, 0) is 49.4 Å². The molecule has 1 amide bonds. The number of pyridine rings is 1. The zero-order valence-corrected chi connectivity index (χ0v) is 20.2. The smallest absolute Gasteiger partial charge is 0.228 e. The number of hydrogen-bond donors (Lipinski definition) is 2. The lowest BCUT2D eigenvalue weighted by molar-refractivity contribution is -0.115. The van der Waals surface area contributed by atoms with E-state index in [9.17, 15) is 9.59 Å². The lowest BCUT2D eigenvalue weighted by atomic mass is 10.1. The highest BCUT2D eigenvalue weighted by Crippen LogP contribution is 2.34. The number of carbonyl (C=O) groups is 2. The summed E-state index contributed by atoms with van der Waals surface area (Å²) in [6, 6.07) is 20.3. The molecule has 1 fully saturated rings. The van der Waals surface area contributed by atoms with Crippen molar-refractivity contribution in [2.45, 2.75) is 18.9 Å². The summed E-state index contributed by atoms with van der Waals surface area (Å²) >= 11 is 1.35. The molecule has 0 bridgehead atoms. The molecule has 8 heteroatoms. The van der Waals surface area contributed by atoms with Crippen LogP contribution in [-0.2, 0) is 11.2 Å². The van der Waals surface area contributed by atoms with Crippen LogP contribution in [0.1, 0.15) is 21.7 Å². The van der Waals surface area contributed by atoms with Gasteiger partial charge in [0.05, 0.1) is 27.6 Å². The van der Waals surface area contributed by atoms with Crippen LogP contribution in [0.4, 0.5) is 5.69 Å². The molecule has 1 aliphatic rings. The maximum atomic E-state index is 12.2. The van der Waals surface area contributed by atoms with Gasteiger partial charge in [0.15, 0.2) is 6.29 Å². The summed E-state index contributed by atoms with van der Waals surface area (Å²) < 4.78 is 6.79. The van der Waals surface area contributed by atoms with Crippen molar-refractivity contribution in [3.63, 3.8) is 0 Å². The Hall–Kier alpha value is -3.59. The number of aldehydes is 1. The Morgan fingerprint density at radius 2 is 1.97 bits per heavy atom. The largest absolute Gasteiger partial charge is 0.456 e. The van der Waals surface area contributed by atoms with Gasteiger partial charge in [0, 0.05) is 31.0 Å². The van der Waals surface area contributed by atoms with Crippen molar-refractivity contribution < 1.29 is 19.4 Å². The molecule has 0 radical (unpaired) electrons. The van der Waals surface area contributed by atoms with Gasteiger partial charge in [-0.15, -0.1) is 11.3 Å². The SMILES string of the molecule is CN1CCC(O)C1.O=Cc1cc2nccc(Oc3ccc(CC(=O)Nc4ccccc4)cc3)c2s1. The van der Waals surface area contributed by atoms with E-state index in [4.69, 9.17) is 9.84 Å². The quantitative estimate of drug-likeness (QED) is 0.379. The summed E-state index contributed by atoms with van der Waals surface area (Å²) in [5, 5.41) is 11.7. The lowest BCUT2D eigenvalue weighted by Crippen LogP contribution is -2.15. The molecule has 2 aromatic carbocycles. The number of amides is 1. The molecular weight excluding hydrogens is 462 g/mol. The summed E-state index contributed by atoms with van der Waals surface area (Å²) in [6.07, 6.45) is 3.65. The molecule has 2 N–H and O–H groups in total. The predicted octanol–water partition coefficient (Wildman–Crippen LogP) is 4.77. The van der Waals surface area contributed by atoms with Crippen molar-refractivity contribution >= 4 is 39.4 Å². The number of benzene rings is 2. The fourth-order valence-corrected chi connectivity index (χ4v) is 4.58. The molecule has 0 aliphatic carbocycles. The van der Waals surface area contributed by atoms with Crippen molar-refractivity contribution in [3.8, 4) is 11.5 Å². The molecule has 1 unspecified atom stereocenters. The van der Waals surface area contributed by atoms with E-state index < -0.39 is 0 Å². The van der Waals surface area contributed by atoms with E-state index in [1.165, 1.54) is 11.3 Å². The zero-order valence-electron chi connectivity index (χ0n) is 19.4. The molecule has 2 aromatic heterocycles. The van der Waals surface area contributed by atoms with Crippen molar-refractivity contribution in [2.24, 2.45) is 0 Å². The first-order valence-corrected chi connectivity index (χ1v) is 12.1. The minimum absolute atomic E-state index is 0.0509. The summed E-state index contributed by atoms with van der Waals surface area (Å²) in [5.74, 6) is 1.23. The molecule has 3 heterocycles. The maximum absolute atomic E-state index is 12.2. The predicted molar refractivity (Wildman–Crippen MR) is 138 cm³/mol. The third-order valence-electron chi connectivity index (χ3n) is 5.45. The summed E-state index contributed by atoms with van der Waals surface area (Å²) in [4.78, 5) is 30.2. The summed E-state index contributed by atoms with van der Waals surface area (Å²) in [5.41, 5.74) is 2.40. The van der Waals surface area contributed by atoms with Crippen molar-refractivity contribution in [1.82, 2.24) is 9.88 Å². The molecular formula is C27H27N3O4S. The molecule has 0 saturated carbocycles. The Balaban J connectivity index is 0.000000356. The number of fused-ring (bicyclic) bond motifs is 1. The molecule has 0 spiro atoms. The molecule has 5 rings (SSSR count). The topological polar surface area (TPSA) is 91.8 Å². The van der Waals surface area contributed by atoms with Crippen LogP contribution in [0.25, 0.3) is 10.2 Å². The van der Waals surface area contributed by atoms with Gasteiger partial charge >= 0.3 is 0 Å². The molecule has 1 saturated heterocycles. The van der Waals surface area contributed by atoms with Gasteiger partial charge in [0.2, 0.25) is 5.91 Å². The fourth-order valence-electron chi connectivity index (χ4n) is 3.70. The van der Waals surface area contributed by atoms with Gasteiger partial charge in [0.1, 0.15) is 11.5 Å². The second-order valence-electron chi connectivity index (χ2n) is 8.33. The Morgan fingerprint density at radius 1 is 1.20 bits per heavy atom. The molecule has 1 aliphatic heterocycles. The number of aliphatic hydroxyl groups is 1. The van der Waals surface area contributed by atoms with Gasteiger partial charge < -0.3 is 20.1 Å². The maximum Gasteiger partial charge on any atom is 0.228 e. The van der Waals surface area contributed by atoms with E-state index in [0.29, 0.717) is 16.4 Å². The first-order valence-electron chi connectivity index (χ1n) is 11.3. The molecule has 1 atom stereocenters. The van der Waals surface area contributed by atoms with E-state index >= 15 is 0 Å². The van der Waals surface area contributed by atoms with Crippen LogP contribution in [0.5, 0.6) is 11.5 Å². The first-order chi connectivity index (χ1) is 17.0. The Morgan fingerprint density at radius 3 is 2.60 bits per heavy atom. The molecule has 4 aromatic rings. The van der Waals surface area contributed by atoms with Gasteiger partial charge in [-0.2, -0.15) is 0 Å². The fraction of sp³-hybridized carbons (Fsp3) is 0.222. The Bertz CT molecular complexity index is 1270. The number of aromatic nitrogens is 1. The highest BCUT2D eigenvalue weighted by molar-refractivity contribution is 7.20. The lowest BCUT2D eigenvalue weighted by Gasteiger charge is -2.08. The number of rotatable bonds is 6. The van der Waals surface area contributed by atoms with Crippen molar-refractivity contribution in [3.05, 3.63) is 83.4 Å². The average Bonchev–Trinajstić information content (AvgIpc) is 3.46. The molecule has 35 heavy (non-hydrogen) atoms. The monoisotopic (exact) mass is 489 g/mol. The first kappa shape index (κ1) is 24.5. The number of para-hydroxylation sites is 1. The number of hydrogen-bond acceptors (Lipinski definition) is 7. The van der Waals surface area contributed by atoms with E-state index in [0.717, 1.165) is 47.3 Å². The van der Waals surface area contributed by atoms with E-state index in [2.05, 4.69) is 15.2 Å². The highest BCUT2D eigenvalue weighted by atomic mass is 32.1. The second-order valence-corrected chi connectivity index (χ2v) is 9.42. The number of carbonyl (C=O) groups excluding carboxylic acids is 2. The number of ether oxygens (including phenoxy) is 1. The van der Waals surface area contributed by atoms with Crippen LogP contribution in [0.2, 0.25) is 0 Å². The standard InChI is InChI=1S/C22H16N2O3S.C5H11NO/c25-14-18-13-19-22(28-18)20(10-11-23-19)27-17-8-6-15(7-9-17)12-21(26)24-16-4-2-1-3-5-16;1-6-3-2-5(7)4-6/h1-11,13-14H,12H2,(H,24,26);5,7H,2-4H2,1H3. The number of likely N-dealkylation sites (tertiary alicyclic amines) is 1. The van der Waals surface area contributed by atoms with E-state index in [1.54, 1.807) is 18.3 Å². The number of anilines is 1. The average molecular weight is 490 g/mol. The van der Waals surface area contributed by atoms with Gasteiger partial charge in [-0.25, -0.2) is 0 Å². The van der Waals surface area contributed by atoms with Crippen LogP contribution in [0, 0.1) is 0 Å². The number of thiophene rings is 1. The van der Waals surface area contributed by atoms with Crippen LogP contribution in [0.15, 0.2) is 72.9 Å². The van der Waals surface area contributed by atoms with Crippen LogP contribution < -0.4 is 10.1 Å². The van der Waals surface area contributed by atoms with E-state index in [-0.39, 0.29) is 18.4 Å². The van der Waals surface area contributed by atoms with Gasteiger partial charge in [-0.1, -0.05) is 30.3 Å². The molecule has 7 nitrogen and oxygen atoms in total. The minimum Gasteiger partial charge on any atom is -0.456 e. The summed E-state index contributed by atoms with van der Waals surface area (Å²) in [6.45, 7) is 1.92. The number of β-amino-alcohol motifs (C(OH)–C–C–N with tert-alkyl or cyclic N) is 1. The van der Waals surface area contributed by atoms with Crippen molar-refractivity contribution in [2.75, 3.05) is 25.5 Å². The number of likely N-dealkylation sites (N-methyl/N-ethyl adjacent to an activating group) is 1. The highest BCUT2D eigenvalue weighted by Gasteiger charge is 2.15.